The average Bonchev–Trinajstić information content (AvgIpc) is 3.43. The summed E-state index contributed by atoms with van der Waals surface area (Å²) < 4.78 is 47.1. The van der Waals surface area contributed by atoms with Crippen molar-refractivity contribution in [2.24, 2.45) is 0 Å². The number of halogens is 4. The van der Waals surface area contributed by atoms with Gasteiger partial charge in [0.05, 0.1) is 24.3 Å². The van der Waals surface area contributed by atoms with E-state index in [0.717, 1.165) is 23.3 Å². The Morgan fingerprint density at radius 1 is 1.25 bits per heavy atom. The van der Waals surface area contributed by atoms with Gasteiger partial charge in [-0.25, -0.2) is 9.78 Å². The molecule has 0 aromatic carbocycles. The maximum Gasteiger partial charge on any atom is 0.419 e. The Morgan fingerprint density at radius 2 is 2.00 bits per heavy atom. The number of nitrogens with zero attached hydrogens (tertiary/aromatic N) is 4. The van der Waals surface area contributed by atoms with Crippen molar-refractivity contribution >= 4 is 29.2 Å². The number of carbonyl (C=O) groups excluding carboxylic acids is 2. The smallest absolute Gasteiger partial charge is 0.419 e. The molecular formula is C20H20ClF3N4O4. The minimum absolute atomic E-state index is 0.0459. The number of hydrogen-bond donors (Lipinski definition) is 1. The van der Waals surface area contributed by atoms with Gasteiger partial charge in [-0.15, -0.1) is 0 Å². The fourth-order valence-corrected chi connectivity index (χ4v) is 4.70. The summed E-state index contributed by atoms with van der Waals surface area (Å²) in [5, 5.41) is 10.3. The van der Waals surface area contributed by atoms with Crippen molar-refractivity contribution in [3.8, 4) is 0 Å². The number of piperidine rings is 1. The highest BCUT2D eigenvalue weighted by Gasteiger charge is 2.41. The van der Waals surface area contributed by atoms with Gasteiger partial charge < -0.3 is 14.7 Å². The largest absolute Gasteiger partial charge is 0.448 e. The molecule has 0 bridgehead atoms. The number of aliphatic hydroxyl groups is 1. The van der Waals surface area contributed by atoms with Crippen LogP contribution >= 0.6 is 11.6 Å². The minimum Gasteiger partial charge on any atom is -0.448 e. The predicted molar refractivity (Wildman–Crippen MR) is 106 cm³/mol. The quantitative estimate of drug-likeness (QED) is 0.742. The molecule has 1 saturated carbocycles. The Morgan fingerprint density at radius 3 is 2.59 bits per heavy atom. The monoisotopic (exact) mass is 472 g/mol. The van der Waals surface area contributed by atoms with Gasteiger partial charge in [0.15, 0.2) is 11.3 Å². The lowest BCUT2D eigenvalue weighted by molar-refractivity contribution is -0.136. The second-order valence-corrected chi connectivity index (χ2v) is 8.74. The Bertz CT molecular complexity index is 1100. The van der Waals surface area contributed by atoms with Crippen molar-refractivity contribution in [2.45, 2.75) is 43.5 Å². The Kier molecular flexibility index (Phi) is 5.01. The number of carbonyl (C=O) groups is 2. The van der Waals surface area contributed by atoms with Crippen LogP contribution < -0.4 is 0 Å². The number of pyridine rings is 1. The molecule has 8 nitrogen and oxygen atoms in total. The van der Waals surface area contributed by atoms with E-state index in [0.29, 0.717) is 18.5 Å². The lowest BCUT2D eigenvalue weighted by Crippen LogP contribution is -2.55. The summed E-state index contributed by atoms with van der Waals surface area (Å²) in [5.74, 6) is -0.620. The van der Waals surface area contributed by atoms with Crippen molar-refractivity contribution < 1.29 is 32.6 Å². The molecule has 1 N–H and O–H groups in total. The molecule has 0 unspecified atom stereocenters. The summed E-state index contributed by atoms with van der Waals surface area (Å²) >= 11 is 6.33. The van der Waals surface area contributed by atoms with E-state index in [4.69, 9.17) is 16.3 Å². The summed E-state index contributed by atoms with van der Waals surface area (Å²) in [4.78, 5) is 31.6. The van der Waals surface area contributed by atoms with Gasteiger partial charge in [0, 0.05) is 19.3 Å². The Hall–Kier alpha value is -2.53. The maximum absolute atomic E-state index is 13.7. The molecule has 3 aliphatic rings. The van der Waals surface area contributed by atoms with Crippen molar-refractivity contribution in [1.82, 2.24) is 19.2 Å². The van der Waals surface area contributed by atoms with E-state index in [1.165, 1.54) is 16.0 Å². The molecule has 2 amide bonds. The normalized spacial score (nSPS) is 24.3. The van der Waals surface area contributed by atoms with Crippen molar-refractivity contribution in [3.05, 3.63) is 34.2 Å². The highest BCUT2D eigenvalue weighted by Crippen LogP contribution is 2.43. The van der Waals surface area contributed by atoms with E-state index >= 15 is 0 Å². The second kappa shape index (κ2) is 7.51. The molecule has 2 saturated heterocycles. The van der Waals surface area contributed by atoms with Crippen LogP contribution in [0.1, 0.15) is 46.8 Å². The fourth-order valence-electron chi connectivity index (χ4n) is 4.45. The van der Waals surface area contributed by atoms with Crippen LogP contribution in [0.2, 0.25) is 5.15 Å². The molecule has 0 spiro atoms. The number of rotatable bonds is 3. The van der Waals surface area contributed by atoms with Gasteiger partial charge in [0.2, 0.25) is 0 Å². The number of cyclic esters (lactones) is 1. The van der Waals surface area contributed by atoms with Crippen LogP contribution in [0, 0.1) is 0 Å². The number of imidazole rings is 1. The predicted octanol–water partition coefficient (Wildman–Crippen LogP) is 2.91. The van der Waals surface area contributed by atoms with Gasteiger partial charge in [-0.1, -0.05) is 11.6 Å². The lowest BCUT2D eigenvalue weighted by atomic mass is 10.00. The van der Waals surface area contributed by atoms with Crippen LogP contribution in [0.5, 0.6) is 0 Å². The van der Waals surface area contributed by atoms with Gasteiger partial charge in [0.1, 0.15) is 11.8 Å². The third kappa shape index (κ3) is 3.57. The van der Waals surface area contributed by atoms with E-state index in [1.54, 1.807) is 0 Å². The first-order valence-electron chi connectivity index (χ1n) is 10.3. The van der Waals surface area contributed by atoms with Crippen molar-refractivity contribution in [2.75, 3.05) is 26.2 Å². The van der Waals surface area contributed by atoms with Gasteiger partial charge in [-0.05, 0) is 36.8 Å². The third-order valence-corrected chi connectivity index (χ3v) is 6.63. The maximum atomic E-state index is 13.7. The molecule has 2 aromatic rings. The number of likely N-dealkylation sites (tertiary alicyclic amines) is 1. The van der Waals surface area contributed by atoms with Crippen LogP contribution in [-0.2, 0) is 10.9 Å². The molecule has 32 heavy (non-hydrogen) atoms. The lowest BCUT2D eigenvalue weighted by Gasteiger charge is -2.38. The number of aliphatic hydroxyl groups excluding tert-OH is 1. The van der Waals surface area contributed by atoms with E-state index in [-0.39, 0.29) is 36.5 Å². The summed E-state index contributed by atoms with van der Waals surface area (Å²) in [6.45, 7) is 0.688. The molecule has 5 rings (SSSR count). The number of hydrogen-bond acceptors (Lipinski definition) is 5. The van der Waals surface area contributed by atoms with Crippen LogP contribution in [0.25, 0.3) is 5.65 Å². The fraction of sp³-hybridized carbons (Fsp3) is 0.550. The van der Waals surface area contributed by atoms with Gasteiger partial charge in [0.25, 0.3) is 5.91 Å². The summed E-state index contributed by atoms with van der Waals surface area (Å²) in [6.07, 6.45) is -2.78. The number of fused-ring (bicyclic) bond motifs is 1. The van der Waals surface area contributed by atoms with E-state index in [2.05, 4.69) is 4.98 Å². The van der Waals surface area contributed by atoms with Gasteiger partial charge >= 0.3 is 12.3 Å². The molecule has 2 aliphatic heterocycles. The molecule has 4 heterocycles. The number of ether oxygens (including phenoxy) is 1. The topological polar surface area (TPSA) is 87.4 Å². The molecule has 2 atom stereocenters. The molecule has 12 heteroatoms. The molecule has 0 radical (unpaired) electrons. The number of alkyl halides is 3. The summed E-state index contributed by atoms with van der Waals surface area (Å²) in [7, 11) is 0. The van der Waals surface area contributed by atoms with Crippen molar-refractivity contribution in [1.29, 1.82) is 0 Å². The molecule has 172 valence electrons. The standard InChI is InChI=1S/C20H20ClF3N4O4/c21-16-15(18(30)26-4-3-13(14(29)9-26)27-5-6-32-19(27)31)25-17-12(20(22,23)24)7-11(8-28(16)17)10-1-2-10/h7-8,10,13-14,29H,1-6,9H2/t13-,14-/m1/s1. The van der Waals surface area contributed by atoms with E-state index in [1.807, 2.05) is 0 Å². The Labute approximate surface area is 185 Å². The number of aromatic nitrogens is 2. The first-order valence-corrected chi connectivity index (χ1v) is 10.7. The summed E-state index contributed by atoms with van der Waals surface area (Å²) in [5.41, 5.74) is -1.15. The van der Waals surface area contributed by atoms with Crippen LogP contribution in [-0.4, -0.2) is 74.7 Å². The van der Waals surface area contributed by atoms with Crippen molar-refractivity contribution in [3.63, 3.8) is 0 Å². The zero-order chi connectivity index (χ0) is 22.8. The van der Waals surface area contributed by atoms with Crippen LogP contribution in [0.3, 0.4) is 0 Å². The zero-order valence-corrected chi connectivity index (χ0v) is 17.6. The van der Waals surface area contributed by atoms with Crippen LogP contribution in [0.4, 0.5) is 18.0 Å². The molecule has 1 aliphatic carbocycles. The van der Waals surface area contributed by atoms with E-state index < -0.39 is 41.5 Å². The first-order chi connectivity index (χ1) is 15.1. The van der Waals surface area contributed by atoms with Gasteiger partial charge in [-0.3, -0.25) is 14.1 Å². The molecule has 3 fully saturated rings. The SMILES string of the molecule is O=C(c1nc2c(C(F)(F)F)cc(C3CC3)cn2c1Cl)N1CC[C@@H](N2CCOC2=O)[C@H](O)C1. The summed E-state index contributed by atoms with van der Waals surface area (Å²) in [6, 6.07) is 0.582. The van der Waals surface area contributed by atoms with Gasteiger partial charge in [-0.2, -0.15) is 13.2 Å². The number of β-amino-alcohol motifs (C(OH)–C–C–N with tert-alkyl or cyclic N) is 1. The second-order valence-electron chi connectivity index (χ2n) is 8.39. The zero-order valence-electron chi connectivity index (χ0n) is 16.8. The third-order valence-electron chi connectivity index (χ3n) is 6.27. The Balaban J connectivity index is 1.44. The molecule has 2 aromatic heterocycles. The highest BCUT2D eigenvalue weighted by molar-refractivity contribution is 6.33. The first kappa shape index (κ1) is 21.3. The highest BCUT2D eigenvalue weighted by atomic mass is 35.5. The van der Waals surface area contributed by atoms with Crippen LogP contribution in [0.15, 0.2) is 12.3 Å². The molecular weight excluding hydrogens is 453 g/mol. The average molecular weight is 473 g/mol. The number of amides is 2. The van der Waals surface area contributed by atoms with E-state index in [9.17, 15) is 27.9 Å². The minimum atomic E-state index is -4.65.